The summed E-state index contributed by atoms with van der Waals surface area (Å²) in [4.78, 5) is 9.98. The van der Waals surface area contributed by atoms with Gasteiger partial charge in [0.25, 0.3) is 5.69 Å². The minimum absolute atomic E-state index is 0.0725. The quantitative estimate of drug-likeness (QED) is 0.657. The van der Waals surface area contributed by atoms with E-state index in [4.69, 9.17) is 17.3 Å². The fourth-order valence-corrected chi connectivity index (χ4v) is 2.92. The molecule has 0 saturated carbocycles. The lowest BCUT2D eigenvalue weighted by Crippen LogP contribution is -2.23. The first kappa shape index (κ1) is 14.1. The van der Waals surface area contributed by atoms with Gasteiger partial charge in [0.2, 0.25) is 0 Å². The van der Waals surface area contributed by atoms with Gasteiger partial charge in [-0.25, -0.2) is 0 Å². The lowest BCUT2D eigenvalue weighted by molar-refractivity contribution is -0.384. The Hall–Kier alpha value is -0.980. The molecular weight excluding hydrogens is 264 g/mol. The van der Waals surface area contributed by atoms with Gasteiger partial charge in [-0.3, -0.25) is 14.3 Å². The summed E-state index contributed by atoms with van der Waals surface area (Å²) >= 11 is 5.88. The monoisotopic (exact) mass is 276 g/mol. The summed E-state index contributed by atoms with van der Waals surface area (Å²) in [6.45, 7) is 1.77. The van der Waals surface area contributed by atoms with Gasteiger partial charge in [-0.1, -0.05) is 11.6 Å². The van der Waals surface area contributed by atoms with E-state index < -0.39 is 15.7 Å². The summed E-state index contributed by atoms with van der Waals surface area (Å²) in [6, 6.07) is 4.00. The SMILES string of the molecule is CC(N)CS(=O)Cc1ccc([N+](=O)[O-])cc1Cl. The molecule has 94 valence electrons. The van der Waals surface area contributed by atoms with Crippen molar-refractivity contribution in [3.8, 4) is 0 Å². The summed E-state index contributed by atoms with van der Waals surface area (Å²) in [7, 11) is -1.11. The molecule has 2 atom stereocenters. The topological polar surface area (TPSA) is 86.2 Å². The minimum atomic E-state index is -1.11. The minimum Gasteiger partial charge on any atom is -0.327 e. The summed E-state index contributed by atoms with van der Waals surface area (Å²) < 4.78 is 11.6. The van der Waals surface area contributed by atoms with E-state index in [-0.39, 0.29) is 22.5 Å². The second kappa shape index (κ2) is 6.09. The zero-order valence-corrected chi connectivity index (χ0v) is 10.8. The first-order valence-electron chi connectivity index (χ1n) is 4.93. The first-order valence-corrected chi connectivity index (χ1v) is 6.80. The molecule has 7 heteroatoms. The molecule has 2 N–H and O–H groups in total. The van der Waals surface area contributed by atoms with Gasteiger partial charge in [-0.05, 0) is 18.6 Å². The van der Waals surface area contributed by atoms with E-state index in [2.05, 4.69) is 0 Å². The molecular formula is C10H13ClN2O3S. The normalized spacial score (nSPS) is 14.3. The van der Waals surface area contributed by atoms with Crippen molar-refractivity contribution in [1.29, 1.82) is 0 Å². The second-order valence-corrected chi connectivity index (χ2v) is 5.67. The zero-order chi connectivity index (χ0) is 13.0. The van der Waals surface area contributed by atoms with Crippen molar-refractivity contribution in [3.05, 3.63) is 38.9 Å². The Bertz CT molecular complexity index is 451. The van der Waals surface area contributed by atoms with Gasteiger partial charge < -0.3 is 5.73 Å². The number of non-ortho nitro benzene ring substituents is 1. The van der Waals surface area contributed by atoms with Gasteiger partial charge in [-0.15, -0.1) is 0 Å². The highest BCUT2D eigenvalue weighted by atomic mass is 35.5. The van der Waals surface area contributed by atoms with E-state index in [1.54, 1.807) is 6.92 Å². The summed E-state index contributed by atoms with van der Waals surface area (Å²) in [5, 5.41) is 10.8. The van der Waals surface area contributed by atoms with E-state index in [1.165, 1.54) is 18.2 Å². The number of benzene rings is 1. The Morgan fingerprint density at radius 2 is 2.24 bits per heavy atom. The average Bonchev–Trinajstić information content (AvgIpc) is 2.19. The molecule has 0 aliphatic carbocycles. The maximum absolute atomic E-state index is 11.6. The van der Waals surface area contributed by atoms with Crippen molar-refractivity contribution >= 4 is 28.1 Å². The summed E-state index contributed by atoms with van der Waals surface area (Å²) in [5.74, 6) is 0.645. The van der Waals surface area contributed by atoms with Crippen LogP contribution in [0.5, 0.6) is 0 Å². The molecule has 0 radical (unpaired) electrons. The molecule has 0 amide bonds. The molecule has 0 spiro atoms. The standard InChI is InChI=1S/C10H13ClN2O3S/c1-7(12)5-17(16)6-8-2-3-9(13(14)15)4-10(8)11/h2-4,7H,5-6,12H2,1H3. The fraction of sp³-hybridized carbons (Fsp3) is 0.400. The van der Waals surface area contributed by atoms with Gasteiger partial charge in [0.1, 0.15) is 0 Å². The van der Waals surface area contributed by atoms with Crippen LogP contribution in [0.3, 0.4) is 0 Å². The van der Waals surface area contributed by atoms with Crippen LogP contribution in [0.25, 0.3) is 0 Å². The van der Waals surface area contributed by atoms with Crippen molar-refractivity contribution in [2.45, 2.75) is 18.7 Å². The number of halogens is 1. The number of hydrogen-bond donors (Lipinski definition) is 1. The largest absolute Gasteiger partial charge is 0.327 e. The van der Waals surface area contributed by atoms with E-state index in [9.17, 15) is 14.3 Å². The Balaban J connectivity index is 2.79. The van der Waals surface area contributed by atoms with Crippen molar-refractivity contribution in [2.24, 2.45) is 5.73 Å². The third kappa shape index (κ3) is 4.41. The number of nitro benzene ring substituents is 1. The maximum Gasteiger partial charge on any atom is 0.270 e. The number of rotatable bonds is 5. The van der Waals surface area contributed by atoms with Crippen LogP contribution in [0.15, 0.2) is 18.2 Å². The first-order chi connectivity index (χ1) is 7.90. The number of nitrogens with zero attached hydrogens (tertiary/aromatic N) is 1. The smallest absolute Gasteiger partial charge is 0.270 e. The van der Waals surface area contributed by atoms with Crippen LogP contribution in [-0.2, 0) is 16.6 Å². The molecule has 2 unspecified atom stereocenters. The highest BCUT2D eigenvalue weighted by Crippen LogP contribution is 2.23. The highest BCUT2D eigenvalue weighted by Gasteiger charge is 2.12. The van der Waals surface area contributed by atoms with Crippen LogP contribution in [-0.4, -0.2) is 20.9 Å². The highest BCUT2D eigenvalue weighted by molar-refractivity contribution is 7.84. The van der Waals surface area contributed by atoms with Crippen LogP contribution in [0.2, 0.25) is 5.02 Å². The lowest BCUT2D eigenvalue weighted by Gasteiger charge is -2.06. The Morgan fingerprint density at radius 3 is 2.71 bits per heavy atom. The van der Waals surface area contributed by atoms with E-state index in [1.807, 2.05) is 0 Å². The number of hydrogen-bond acceptors (Lipinski definition) is 4. The van der Waals surface area contributed by atoms with Gasteiger partial charge in [-0.2, -0.15) is 0 Å². The van der Waals surface area contributed by atoms with E-state index >= 15 is 0 Å². The molecule has 0 aromatic heterocycles. The molecule has 0 aliphatic heterocycles. The molecule has 1 rings (SSSR count). The van der Waals surface area contributed by atoms with E-state index in [0.29, 0.717) is 11.3 Å². The second-order valence-electron chi connectivity index (χ2n) is 3.76. The molecule has 5 nitrogen and oxygen atoms in total. The van der Waals surface area contributed by atoms with Crippen LogP contribution in [0, 0.1) is 10.1 Å². The van der Waals surface area contributed by atoms with Gasteiger partial charge >= 0.3 is 0 Å². The molecule has 0 aliphatic rings. The molecule has 0 heterocycles. The van der Waals surface area contributed by atoms with Crippen molar-refractivity contribution in [1.82, 2.24) is 0 Å². The van der Waals surface area contributed by atoms with Gasteiger partial charge in [0, 0.05) is 34.7 Å². The average molecular weight is 277 g/mol. The lowest BCUT2D eigenvalue weighted by atomic mass is 10.2. The molecule has 17 heavy (non-hydrogen) atoms. The van der Waals surface area contributed by atoms with Gasteiger partial charge in [0.05, 0.1) is 15.7 Å². The zero-order valence-electron chi connectivity index (χ0n) is 9.26. The third-order valence-corrected chi connectivity index (χ3v) is 3.90. The molecule has 0 saturated heterocycles. The van der Waals surface area contributed by atoms with Gasteiger partial charge in [0.15, 0.2) is 0 Å². The van der Waals surface area contributed by atoms with Crippen LogP contribution in [0.4, 0.5) is 5.69 Å². The predicted molar refractivity (Wildman–Crippen MR) is 68.5 cm³/mol. The van der Waals surface area contributed by atoms with E-state index in [0.717, 1.165) is 0 Å². The maximum atomic E-state index is 11.6. The molecule has 0 fully saturated rings. The molecule has 0 bridgehead atoms. The third-order valence-electron chi connectivity index (χ3n) is 2.01. The van der Waals surface area contributed by atoms with Crippen LogP contribution >= 0.6 is 11.6 Å². The van der Waals surface area contributed by atoms with Crippen LogP contribution in [0.1, 0.15) is 12.5 Å². The van der Waals surface area contributed by atoms with Crippen molar-refractivity contribution in [2.75, 3.05) is 5.75 Å². The summed E-state index contributed by atoms with van der Waals surface area (Å²) in [5.41, 5.74) is 6.10. The number of nitro groups is 1. The molecule has 1 aromatic carbocycles. The Kier molecular flexibility index (Phi) is 5.04. The predicted octanol–water partition coefficient (Wildman–Crippen LogP) is 1.84. The van der Waals surface area contributed by atoms with Crippen LogP contribution < -0.4 is 5.73 Å². The Labute approximate surface area is 107 Å². The fourth-order valence-electron chi connectivity index (χ4n) is 1.29. The Morgan fingerprint density at radius 1 is 1.59 bits per heavy atom. The van der Waals surface area contributed by atoms with Crippen molar-refractivity contribution < 1.29 is 9.13 Å². The molecule has 1 aromatic rings. The number of nitrogens with two attached hydrogens (primary N) is 1. The summed E-state index contributed by atoms with van der Waals surface area (Å²) in [6.07, 6.45) is 0. The van der Waals surface area contributed by atoms with Crippen molar-refractivity contribution in [3.63, 3.8) is 0 Å².